The van der Waals surface area contributed by atoms with Gasteiger partial charge in [-0.2, -0.15) is 0 Å². The highest BCUT2D eigenvalue weighted by molar-refractivity contribution is 6.31. The van der Waals surface area contributed by atoms with E-state index in [1.807, 2.05) is 6.92 Å². The molecule has 1 aromatic rings. The second-order valence-electron chi connectivity index (χ2n) is 5.19. The molecule has 20 heavy (non-hydrogen) atoms. The third-order valence-corrected chi connectivity index (χ3v) is 3.17. The first kappa shape index (κ1) is 16.5. The highest BCUT2D eigenvalue weighted by Crippen LogP contribution is 2.22. The van der Waals surface area contributed by atoms with Gasteiger partial charge < -0.3 is 16.4 Å². The Morgan fingerprint density at radius 1 is 1.35 bits per heavy atom. The number of hydrogen-bond acceptors (Lipinski definition) is 3. The molecule has 0 saturated carbocycles. The molecule has 5 nitrogen and oxygen atoms in total. The van der Waals surface area contributed by atoms with Crippen LogP contribution in [0.1, 0.15) is 25.8 Å². The van der Waals surface area contributed by atoms with Crippen LogP contribution < -0.4 is 16.4 Å². The average Bonchev–Trinajstić information content (AvgIpc) is 2.33. The molecule has 0 bridgehead atoms. The van der Waals surface area contributed by atoms with Crippen LogP contribution in [0, 0.1) is 6.92 Å². The topological polar surface area (TPSA) is 84.2 Å². The predicted octanol–water partition coefficient (Wildman–Crippen LogP) is 1.83. The summed E-state index contributed by atoms with van der Waals surface area (Å²) >= 11 is 5.97. The van der Waals surface area contributed by atoms with Crippen molar-refractivity contribution in [1.82, 2.24) is 5.32 Å². The Labute approximate surface area is 123 Å². The maximum Gasteiger partial charge on any atom is 0.239 e. The van der Waals surface area contributed by atoms with Gasteiger partial charge in [0.1, 0.15) is 0 Å². The van der Waals surface area contributed by atoms with Crippen LogP contribution in [-0.4, -0.2) is 23.9 Å². The molecular weight excluding hydrogens is 278 g/mol. The van der Waals surface area contributed by atoms with Gasteiger partial charge in [-0.05, 0) is 38.5 Å². The van der Waals surface area contributed by atoms with Gasteiger partial charge in [0, 0.05) is 23.7 Å². The molecule has 0 radical (unpaired) electrons. The minimum absolute atomic E-state index is 0.174. The first-order chi connectivity index (χ1) is 9.21. The zero-order valence-electron chi connectivity index (χ0n) is 11.9. The molecule has 1 aromatic carbocycles. The Morgan fingerprint density at radius 3 is 2.60 bits per heavy atom. The third-order valence-electron chi connectivity index (χ3n) is 2.76. The highest BCUT2D eigenvalue weighted by atomic mass is 35.5. The number of nitrogens with one attached hydrogen (secondary N) is 2. The van der Waals surface area contributed by atoms with Crippen molar-refractivity contribution in [3.63, 3.8) is 0 Å². The summed E-state index contributed by atoms with van der Waals surface area (Å²) in [5.74, 6) is -0.477. The molecule has 0 atom stereocenters. The van der Waals surface area contributed by atoms with E-state index in [1.165, 1.54) is 0 Å². The molecule has 0 aromatic heterocycles. The van der Waals surface area contributed by atoms with E-state index in [0.29, 0.717) is 10.7 Å². The SMILES string of the molecule is Cc1c(Cl)cccc1NC(=O)CCNC(=O)C(C)(C)N. The van der Waals surface area contributed by atoms with E-state index < -0.39 is 5.54 Å². The summed E-state index contributed by atoms with van der Waals surface area (Å²) in [5.41, 5.74) is 6.17. The lowest BCUT2D eigenvalue weighted by molar-refractivity contribution is -0.125. The second kappa shape index (κ2) is 6.72. The number of amides is 2. The molecule has 0 unspecified atom stereocenters. The monoisotopic (exact) mass is 297 g/mol. The minimum atomic E-state index is -0.944. The summed E-state index contributed by atoms with van der Waals surface area (Å²) in [6.07, 6.45) is 0.174. The van der Waals surface area contributed by atoms with E-state index in [2.05, 4.69) is 10.6 Å². The maximum absolute atomic E-state index is 11.8. The van der Waals surface area contributed by atoms with Crippen LogP contribution >= 0.6 is 11.6 Å². The molecule has 4 N–H and O–H groups in total. The molecule has 2 amide bonds. The van der Waals surface area contributed by atoms with Crippen molar-refractivity contribution in [2.75, 3.05) is 11.9 Å². The largest absolute Gasteiger partial charge is 0.354 e. The van der Waals surface area contributed by atoms with E-state index in [-0.39, 0.29) is 24.8 Å². The van der Waals surface area contributed by atoms with Crippen molar-refractivity contribution in [2.24, 2.45) is 5.73 Å². The Kier molecular flexibility index (Phi) is 5.53. The summed E-state index contributed by atoms with van der Waals surface area (Å²) in [6, 6.07) is 5.31. The van der Waals surface area contributed by atoms with Crippen molar-refractivity contribution in [3.05, 3.63) is 28.8 Å². The number of hydrogen-bond donors (Lipinski definition) is 3. The number of halogens is 1. The molecule has 0 aliphatic heterocycles. The van der Waals surface area contributed by atoms with E-state index in [0.717, 1.165) is 5.56 Å². The number of anilines is 1. The van der Waals surface area contributed by atoms with Crippen molar-refractivity contribution < 1.29 is 9.59 Å². The lowest BCUT2D eigenvalue weighted by Gasteiger charge is -2.17. The summed E-state index contributed by atoms with van der Waals surface area (Å²) in [4.78, 5) is 23.3. The molecule has 6 heteroatoms. The molecule has 0 fully saturated rings. The molecule has 0 aliphatic rings. The van der Waals surface area contributed by atoms with Gasteiger partial charge >= 0.3 is 0 Å². The lowest BCUT2D eigenvalue weighted by atomic mass is 10.1. The zero-order valence-corrected chi connectivity index (χ0v) is 12.7. The fourth-order valence-corrected chi connectivity index (χ4v) is 1.65. The fourth-order valence-electron chi connectivity index (χ4n) is 1.47. The van der Waals surface area contributed by atoms with Gasteiger partial charge in [-0.25, -0.2) is 0 Å². The van der Waals surface area contributed by atoms with Gasteiger partial charge in [0.25, 0.3) is 0 Å². The van der Waals surface area contributed by atoms with Gasteiger partial charge in [-0.15, -0.1) is 0 Å². The number of nitrogens with two attached hydrogens (primary N) is 1. The number of benzene rings is 1. The quantitative estimate of drug-likeness (QED) is 0.775. The molecule has 0 heterocycles. The molecule has 0 saturated heterocycles. The van der Waals surface area contributed by atoms with E-state index in [1.54, 1.807) is 32.0 Å². The average molecular weight is 298 g/mol. The van der Waals surface area contributed by atoms with Gasteiger partial charge in [-0.1, -0.05) is 17.7 Å². The van der Waals surface area contributed by atoms with Crippen molar-refractivity contribution in [1.29, 1.82) is 0 Å². The smallest absolute Gasteiger partial charge is 0.239 e. The third kappa shape index (κ3) is 4.83. The fraction of sp³-hybridized carbons (Fsp3) is 0.429. The molecular formula is C14H20ClN3O2. The Morgan fingerprint density at radius 2 is 2.00 bits per heavy atom. The van der Waals surface area contributed by atoms with E-state index >= 15 is 0 Å². The van der Waals surface area contributed by atoms with Crippen LogP contribution in [0.25, 0.3) is 0 Å². The summed E-state index contributed by atoms with van der Waals surface area (Å²) in [6.45, 7) is 5.29. The van der Waals surface area contributed by atoms with Crippen molar-refractivity contribution in [3.8, 4) is 0 Å². The first-order valence-corrected chi connectivity index (χ1v) is 6.71. The molecule has 110 valence electrons. The van der Waals surface area contributed by atoms with Crippen LogP contribution in [0.3, 0.4) is 0 Å². The first-order valence-electron chi connectivity index (χ1n) is 6.34. The standard InChI is InChI=1S/C14H20ClN3O2/c1-9-10(15)5-4-6-11(9)18-12(19)7-8-17-13(20)14(2,3)16/h4-6H,7-8,16H2,1-3H3,(H,17,20)(H,18,19). The zero-order chi connectivity index (χ0) is 15.3. The van der Waals surface area contributed by atoms with Crippen LogP contribution in [0.2, 0.25) is 5.02 Å². The molecule has 0 spiro atoms. The van der Waals surface area contributed by atoms with Crippen LogP contribution in [0.15, 0.2) is 18.2 Å². The maximum atomic E-state index is 11.8. The second-order valence-corrected chi connectivity index (χ2v) is 5.60. The van der Waals surface area contributed by atoms with Crippen LogP contribution in [0.5, 0.6) is 0 Å². The minimum Gasteiger partial charge on any atom is -0.354 e. The summed E-state index contributed by atoms with van der Waals surface area (Å²) in [5, 5.41) is 5.97. The number of carbonyl (C=O) groups is 2. The van der Waals surface area contributed by atoms with E-state index in [4.69, 9.17) is 17.3 Å². The van der Waals surface area contributed by atoms with Gasteiger partial charge in [0.15, 0.2) is 0 Å². The Balaban J connectivity index is 2.45. The van der Waals surface area contributed by atoms with E-state index in [9.17, 15) is 9.59 Å². The molecule has 0 aliphatic carbocycles. The van der Waals surface area contributed by atoms with Crippen LogP contribution in [-0.2, 0) is 9.59 Å². The lowest BCUT2D eigenvalue weighted by Crippen LogP contribution is -2.49. The van der Waals surface area contributed by atoms with Gasteiger partial charge in [-0.3, -0.25) is 9.59 Å². The summed E-state index contributed by atoms with van der Waals surface area (Å²) < 4.78 is 0. The highest BCUT2D eigenvalue weighted by Gasteiger charge is 2.21. The van der Waals surface area contributed by atoms with Gasteiger partial charge in [0.05, 0.1) is 5.54 Å². The van der Waals surface area contributed by atoms with Crippen molar-refractivity contribution >= 4 is 29.1 Å². The van der Waals surface area contributed by atoms with Crippen molar-refractivity contribution in [2.45, 2.75) is 32.7 Å². The number of rotatable bonds is 5. The molecule has 1 rings (SSSR count). The number of carbonyl (C=O) groups excluding carboxylic acids is 2. The predicted molar refractivity (Wildman–Crippen MR) is 80.7 cm³/mol. The Bertz CT molecular complexity index is 510. The summed E-state index contributed by atoms with van der Waals surface area (Å²) in [7, 11) is 0. The van der Waals surface area contributed by atoms with Crippen LogP contribution in [0.4, 0.5) is 5.69 Å². The van der Waals surface area contributed by atoms with Gasteiger partial charge in [0.2, 0.25) is 11.8 Å². The Hall–Kier alpha value is -1.59. The normalized spacial score (nSPS) is 11.1.